The molecule has 84 heavy (non-hydrogen) atoms. The second-order valence-corrected chi connectivity index (χ2v) is 24.5. The number of para-hydroxylation sites is 4. The Labute approximate surface area is 487 Å². The van der Waals surface area contributed by atoms with Crippen molar-refractivity contribution in [2.75, 3.05) is 9.80 Å². The predicted molar refractivity (Wildman–Crippen MR) is 364 cm³/mol. The van der Waals surface area contributed by atoms with Gasteiger partial charge < -0.3 is 9.80 Å². The summed E-state index contributed by atoms with van der Waals surface area (Å²) in [6.45, 7) is 11.2. The van der Waals surface area contributed by atoms with Crippen LogP contribution in [0.15, 0.2) is 243 Å². The predicted octanol–water partition coefficient (Wildman–Crippen LogP) is 23.4. The van der Waals surface area contributed by atoms with Crippen molar-refractivity contribution >= 4 is 163 Å². The van der Waals surface area contributed by atoms with E-state index in [0.29, 0.717) is 0 Å². The van der Waals surface area contributed by atoms with E-state index in [9.17, 15) is 0 Å². The van der Waals surface area contributed by atoms with Gasteiger partial charge in [0.25, 0.3) is 0 Å². The minimum Gasteiger partial charge on any atom is -0.337 e. The molecule has 2 heteroatoms. The normalized spacial score (nSPS) is 12.6. The Bertz CT molecular complexity index is 5390. The maximum Gasteiger partial charge on any atom is 0.0487 e. The molecule has 0 aliphatic heterocycles. The van der Waals surface area contributed by atoms with Gasteiger partial charge in [0.05, 0.1) is 0 Å². The first-order valence-electron chi connectivity index (χ1n) is 30.1. The molecule has 18 aromatic rings. The van der Waals surface area contributed by atoms with Gasteiger partial charge in [-0.15, -0.1) is 0 Å². The largest absolute Gasteiger partial charge is 0.337 e. The number of hydrogen-bond donors (Lipinski definition) is 0. The molecule has 18 rings (SSSR count). The lowest BCUT2D eigenvalue weighted by molar-refractivity contribution is 0.875. The van der Waals surface area contributed by atoms with Gasteiger partial charge in [-0.1, -0.05) is 210 Å². The number of anilines is 4. The molecule has 2 nitrogen and oxygen atoms in total. The molecule has 0 amide bonds. The summed E-state index contributed by atoms with van der Waals surface area (Å²) in [5.74, 6) is 0.572. The molecule has 0 aromatic heterocycles. The Morgan fingerprint density at radius 2 is 0.476 bits per heavy atom. The van der Waals surface area contributed by atoms with Gasteiger partial charge in [0.15, 0.2) is 0 Å². The summed E-state index contributed by atoms with van der Waals surface area (Å²) in [6, 6.07) is 91.9. The second kappa shape index (κ2) is 17.7. The SMILES string of the molecule is CC(C)c1c2cc3c(cc2c(C(C)C)c2c4ccc5c6ccc(CN(c7ccccc7)c7ccccc7)c7cccc(c8ccc(c12)c4c85)c76)c1ccc2c4ccc(CN(c5ccccc5)c5ccccc5)c5cccc(c6ccc3c1c62)c54. The van der Waals surface area contributed by atoms with Crippen LogP contribution in [0.25, 0.3) is 140 Å². The van der Waals surface area contributed by atoms with Crippen molar-refractivity contribution in [1.82, 2.24) is 0 Å². The van der Waals surface area contributed by atoms with E-state index in [4.69, 9.17) is 0 Å². The first kappa shape index (κ1) is 47.6. The van der Waals surface area contributed by atoms with Crippen molar-refractivity contribution in [3.63, 3.8) is 0 Å². The number of hydrogen-bond acceptors (Lipinski definition) is 2. The zero-order valence-electron chi connectivity index (χ0n) is 47.6. The molecule has 18 aromatic carbocycles. The summed E-state index contributed by atoms with van der Waals surface area (Å²) in [4.78, 5) is 4.89. The Balaban J connectivity index is 0.842. The molecule has 0 bridgehead atoms. The standard InChI is InChI=1S/C82H58N2/c1-47(2)73-71-43-69-65-37-35-61-57-29-17-27-55-49(45-83(51-19-9-5-10-20-51)52-21-11-6-12-22-52)31-33-59(75(55)57)63-36-38-66(79(65)77(61)63)70(69)44-72(71)74(48(3)4)82-68-42-40-64-60-34-32-50(46-84(53-23-13-7-14-24-53)54-25-15-8-16-26-54)56-28-18-30-58(76(56)60)62-39-41-67(81(73)82)80(68)78(62)64/h5-44,47-48H,45-46H2,1-4H3. The van der Waals surface area contributed by atoms with Crippen LogP contribution in [0.5, 0.6) is 0 Å². The van der Waals surface area contributed by atoms with Crippen molar-refractivity contribution < 1.29 is 0 Å². The molecule has 0 radical (unpaired) electrons. The molecule has 0 heterocycles. The minimum atomic E-state index is 0.286. The Hall–Kier alpha value is -10.0. The van der Waals surface area contributed by atoms with Gasteiger partial charge in [-0.05, 0) is 235 Å². The van der Waals surface area contributed by atoms with E-state index >= 15 is 0 Å². The molecule has 0 spiro atoms. The van der Waals surface area contributed by atoms with Crippen molar-refractivity contribution in [3.05, 3.63) is 265 Å². The third kappa shape index (κ3) is 6.51. The fourth-order valence-electron chi connectivity index (χ4n) is 16.1. The minimum absolute atomic E-state index is 0.286. The number of rotatable bonds is 10. The monoisotopic (exact) mass is 1070 g/mol. The average Bonchev–Trinajstić information content (AvgIpc) is 1.55. The molecule has 0 saturated heterocycles. The van der Waals surface area contributed by atoms with Crippen LogP contribution < -0.4 is 9.80 Å². The van der Waals surface area contributed by atoms with Crippen LogP contribution in [0.2, 0.25) is 0 Å². The van der Waals surface area contributed by atoms with Gasteiger partial charge in [0.1, 0.15) is 0 Å². The fraction of sp³-hybridized carbons (Fsp3) is 0.0976. The van der Waals surface area contributed by atoms with Crippen molar-refractivity contribution in [1.29, 1.82) is 0 Å². The number of fused-ring (bicyclic) bond motifs is 11. The molecule has 0 unspecified atom stereocenters. The van der Waals surface area contributed by atoms with Gasteiger partial charge in [-0.3, -0.25) is 0 Å². The van der Waals surface area contributed by atoms with E-state index < -0.39 is 0 Å². The third-order valence-electron chi connectivity index (χ3n) is 19.5. The lowest BCUT2D eigenvalue weighted by atomic mass is 9.83. The summed E-state index contributed by atoms with van der Waals surface area (Å²) in [5, 5.41) is 35.4. The summed E-state index contributed by atoms with van der Waals surface area (Å²) in [6.07, 6.45) is 0. The van der Waals surface area contributed by atoms with E-state index in [-0.39, 0.29) is 11.8 Å². The molecule has 0 aliphatic rings. The summed E-state index contributed by atoms with van der Waals surface area (Å²) in [7, 11) is 0. The van der Waals surface area contributed by atoms with Crippen LogP contribution in [-0.4, -0.2) is 0 Å². The first-order valence-corrected chi connectivity index (χ1v) is 30.1. The second-order valence-electron chi connectivity index (χ2n) is 24.5. The van der Waals surface area contributed by atoms with E-state index in [1.165, 1.54) is 185 Å². The van der Waals surface area contributed by atoms with Crippen LogP contribution in [0.4, 0.5) is 22.7 Å². The smallest absolute Gasteiger partial charge is 0.0487 e. The Morgan fingerprint density at radius 1 is 0.214 bits per heavy atom. The van der Waals surface area contributed by atoms with Gasteiger partial charge in [-0.25, -0.2) is 0 Å². The van der Waals surface area contributed by atoms with E-state index in [2.05, 4.69) is 280 Å². The Kier molecular flexibility index (Phi) is 10.1. The molecular formula is C82H58N2. The summed E-state index contributed by atoms with van der Waals surface area (Å²) < 4.78 is 0. The highest BCUT2D eigenvalue weighted by Crippen LogP contribution is 2.55. The lowest BCUT2D eigenvalue weighted by Gasteiger charge is -2.26. The molecule has 0 saturated carbocycles. The Morgan fingerprint density at radius 3 is 0.810 bits per heavy atom. The molecule has 0 fully saturated rings. The van der Waals surface area contributed by atoms with E-state index in [1.807, 2.05) is 0 Å². The lowest BCUT2D eigenvalue weighted by Crippen LogP contribution is -2.16. The molecular weight excluding hydrogens is 1010 g/mol. The van der Waals surface area contributed by atoms with Crippen LogP contribution in [0.1, 0.15) is 61.8 Å². The molecule has 396 valence electrons. The zero-order valence-corrected chi connectivity index (χ0v) is 47.6. The van der Waals surface area contributed by atoms with Crippen molar-refractivity contribution in [3.8, 4) is 0 Å². The van der Waals surface area contributed by atoms with Crippen molar-refractivity contribution in [2.45, 2.75) is 52.6 Å². The zero-order chi connectivity index (χ0) is 55.6. The van der Waals surface area contributed by atoms with Crippen LogP contribution in [0, 0.1) is 0 Å². The highest BCUT2D eigenvalue weighted by molar-refractivity contribution is 6.45. The van der Waals surface area contributed by atoms with Gasteiger partial charge in [-0.2, -0.15) is 0 Å². The average molecular weight is 1070 g/mol. The van der Waals surface area contributed by atoms with Gasteiger partial charge in [0.2, 0.25) is 0 Å². The summed E-state index contributed by atoms with van der Waals surface area (Å²) in [5.41, 5.74) is 10.3. The molecule has 0 N–H and O–H groups in total. The van der Waals surface area contributed by atoms with E-state index in [0.717, 1.165) is 13.1 Å². The van der Waals surface area contributed by atoms with Crippen LogP contribution >= 0.6 is 0 Å². The topological polar surface area (TPSA) is 6.48 Å². The number of benzene rings is 16. The first-order chi connectivity index (χ1) is 41.4. The fourth-order valence-corrected chi connectivity index (χ4v) is 16.1. The third-order valence-corrected chi connectivity index (χ3v) is 19.5. The van der Waals surface area contributed by atoms with Gasteiger partial charge >= 0.3 is 0 Å². The maximum atomic E-state index is 2.62. The summed E-state index contributed by atoms with van der Waals surface area (Å²) >= 11 is 0. The molecule has 0 aliphatic carbocycles. The highest BCUT2D eigenvalue weighted by atomic mass is 15.1. The number of nitrogens with zero attached hydrogens (tertiary/aromatic N) is 2. The quantitative estimate of drug-likeness (QED) is 0.0995. The maximum absolute atomic E-state index is 2.62. The van der Waals surface area contributed by atoms with Crippen molar-refractivity contribution in [2.24, 2.45) is 0 Å². The van der Waals surface area contributed by atoms with Gasteiger partial charge in [0, 0.05) is 35.8 Å². The van der Waals surface area contributed by atoms with Crippen LogP contribution in [0.3, 0.4) is 0 Å². The van der Waals surface area contributed by atoms with Crippen LogP contribution in [-0.2, 0) is 13.1 Å². The highest BCUT2D eigenvalue weighted by Gasteiger charge is 2.29. The molecule has 0 atom stereocenters. The van der Waals surface area contributed by atoms with E-state index in [1.54, 1.807) is 0 Å².